The summed E-state index contributed by atoms with van der Waals surface area (Å²) in [5, 5.41) is 0. The normalized spacial score (nSPS) is 13.3. The van der Waals surface area contributed by atoms with Gasteiger partial charge in [-0.25, -0.2) is 4.57 Å². The van der Waals surface area contributed by atoms with Crippen molar-refractivity contribution in [2.45, 2.75) is 105 Å². The van der Waals surface area contributed by atoms with Crippen LogP contribution in [-0.2, 0) is 26.2 Å². The predicted molar refractivity (Wildman–Crippen MR) is 137 cm³/mol. The number of phosphoric ester groups is 1. The fourth-order valence-electron chi connectivity index (χ4n) is 3.58. The van der Waals surface area contributed by atoms with Gasteiger partial charge in [-0.1, -0.05) is 107 Å². The summed E-state index contributed by atoms with van der Waals surface area (Å²) in [5.74, 6) is 0.606. The smallest absolute Gasteiger partial charge is 0.736 e. The summed E-state index contributed by atoms with van der Waals surface area (Å²) in [6.07, 6.45) is 0. The van der Waals surface area contributed by atoms with Crippen LogP contribution in [0.15, 0.2) is 36.4 Å². The topological polar surface area (TPSA) is 58.6 Å². The molecule has 184 valence electrons. The summed E-state index contributed by atoms with van der Waals surface area (Å²) in [6, 6.07) is 11.4. The molecule has 2 rings (SSSR count). The molecule has 34 heavy (non-hydrogen) atoms. The minimum Gasteiger partial charge on any atom is -0.736 e. The van der Waals surface area contributed by atoms with E-state index >= 15 is 0 Å². The van der Waals surface area contributed by atoms with Crippen LogP contribution in [0.2, 0.25) is 0 Å². The summed E-state index contributed by atoms with van der Waals surface area (Å²) < 4.78 is 24.2. The zero-order valence-corrected chi connectivity index (χ0v) is 26.4. The van der Waals surface area contributed by atoms with E-state index in [1.807, 2.05) is 65.8 Å². The second-order valence-corrected chi connectivity index (χ2v) is 14.3. The Hall–Kier alpha value is -0.770. The molecule has 0 aliphatic carbocycles. The van der Waals surface area contributed by atoms with Crippen molar-refractivity contribution in [1.82, 2.24) is 0 Å². The fraction of sp³-hybridized carbons (Fsp3) is 0.571. The molecule has 0 N–H and O–H groups in total. The van der Waals surface area contributed by atoms with Crippen molar-refractivity contribution in [3.05, 3.63) is 58.7 Å². The maximum Gasteiger partial charge on any atom is 1.00 e. The Morgan fingerprint density at radius 3 is 1.12 bits per heavy atom. The minimum absolute atomic E-state index is 0. The summed E-state index contributed by atoms with van der Waals surface area (Å²) in [4.78, 5) is 13.1. The Kier molecular flexibility index (Phi) is 9.47. The van der Waals surface area contributed by atoms with Crippen LogP contribution in [0.25, 0.3) is 0 Å². The van der Waals surface area contributed by atoms with E-state index in [1.54, 1.807) is 12.1 Å². The first-order valence-electron chi connectivity index (χ1n) is 11.6. The van der Waals surface area contributed by atoms with E-state index in [-0.39, 0.29) is 51.2 Å². The van der Waals surface area contributed by atoms with Crippen molar-refractivity contribution in [3.8, 4) is 11.5 Å². The van der Waals surface area contributed by atoms with Gasteiger partial charge in [0, 0.05) is 11.1 Å². The van der Waals surface area contributed by atoms with Gasteiger partial charge in [-0.2, -0.15) is 0 Å². The van der Waals surface area contributed by atoms with Crippen LogP contribution >= 0.6 is 7.82 Å². The molecule has 0 fully saturated rings. The summed E-state index contributed by atoms with van der Waals surface area (Å²) in [7, 11) is -4.69. The molecule has 0 unspecified atom stereocenters. The molecule has 2 aromatic carbocycles. The largest absolute Gasteiger partial charge is 1.00 e. The average molecular weight is 497 g/mol. The van der Waals surface area contributed by atoms with Crippen molar-refractivity contribution >= 4 is 7.82 Å². The Bertz CT molecular complexity index is 967. The zero-order valence-electron chi connectivity index (χ0n) is 23.5. The minimum atomic E-state index is -4.69. The molecule has 0 aromatic heterocycles. The third-order valence-electron chi connectivity index (χ3n) is 5.73. The first kappa shape index (κ1) is 31.3. The van der Waals surface area contributed by atoms with Crippen molar-refractivity contribution in [2.24, 2.45) is 0 Å². The maximum atomic E-state index is 13.1. The van der Waals surface area contributed by atoms with E-state index in [0.717, 1.165) is 22.3 Å². The second-order valence-electron chi connectivity index (χ2n) is 13.1. The number of hydrogen-bond acceptors (Lipinski definition) is 4. The van der Waals surface area contributed by atoms with Gasteiger partial charge < -0.3 is 13.9 Å². The van der Waals surface area contributed by atoms with Gasteiger partial charge in [0.2, 0.25) is 0 Å². The number of benzene rings is 2. The Labute approximate surface area is 229 Å². The molecule has 0 aliphatic rings. The van der Waals surface area contributed by atoms with Gasteiger partial charge in [0.05, 0.1) is 0 Å². The first-order chi connectivity index (χ1) is 14.6. The molecule has 6 heteroatoms. The predicted octanol–water partition coefficient (Wildman–Crippen LogP) is 4.81. The van der Waals surface area contributed by atoms with E-state index in [0.29, 0.717) is 11.5 Å². The van der Waals surface area contributed by atoms with E-state index < -0.39 is 7.82 Å². The molecular formula is C28H42NaO4P. The van der Waals surface area contributed by atoms with Gasteiger partial charge >= 0.3 is 37.4 Å². The van der Waals surface area contributed by atoms with Crippen LogP contribution in [0.5, 0.6) is 11.5 Å². The van der Waals surface area contributed by atoms with Gasteiger partial charge in [0.25, 0.3) is 0 Å². The number of hydrogen-bond donors (Lipinski definition) is 0. The molecule has 0 heterocycles. The van der Waals surface area contributed by atoms with Crippen LogP contribution in [0.1, 0.15) is 105 Å². The van der Waals surface area contributed by atoms with Gasteiger partial charge in [0.15, 0.2) is 0 Å². The summed E-state index contributed by atoms with van der Waals surface area (Å²) >= 11 is 0. The van der Waals surface area contributed by atoms with Crippen molar-refractivity contribution in [2.75, 3.05) is 0 Å². The van der Waals surface area contributed by atoms with Crippen LogP contribution in [0.3, 0.4) is 0 Å². The molecule has 2 aromatic rings. The zero-order chi connectivity index (χ0) is 25.6. The SMILES string of the molecule is CC(C)(C)c1ccc(OP(=O)([O-])Oc2ccc(C(C)(C)C)cc2C(C)(C)C)c(C(C)(C)C)c1.[Na+]. The molecule has 0 bridgehead atoms. The molecule has 0 saturated carbocycles. The Morgan fingerprint density at radius 2 is 0.882 bits per heavy atom. The van der Waals surface area contributed by atoms with Crippen molar-refractivity contribution in [3.63, 3.8) is 0 Å². The standard InChI is InChI=1S/C28H43O4P.Na/c1-25(2,3)19-13-15-23(21(17-19)27(7,8)9)31-33(29,30)32-24-16-14-20(26(4,5)6)18-22(24)28(10,11)12;/h13-18H,1-12H3,(H,29,30);/q;+1/p-1. The maximum absolute atomic E-state index is 13.1. The molecule has 0 saturated heterocycles. The van der Waals surface area contributed by atoms with E-state index in [9.17, 15) is 9.46 Å². The molecule has 0 radical (unpaired) electrons. The van der Waals surface area contributed by atoms with Crippen LogP contribution in [0, 0.1) is 0 Å². The molecule has 0 atom stereocenters. The van der Waals surface area contributed by atoms with Crippen molar-refractivity contribution < 1.29 is 48.1 Å². The second kappa shape index (κ2) is 10.3. The third-order valence-corrected chi connectivity index (χ3v) is 6.57. The Balaban J connectivity index is 0.00000578. The average Bonchev–Trinajstić information content (AvgIpc) is 2.57. The number of phosphoric acid groups is 1. The van der Waals surface area contributed by atoms with E-state index in [2.05, 4.69) is 41.5 Å². The van der Waals surface area contributed by atoms with Crippen LogP contribution in [0.4, 0.5) is 0 Å². The first-order valence-corrected chi connectivity index (χ1v) is 13.1. The van der Waals surface area contributed by atoms with Gasteiger partial charge in [-0.15, -0.1) is 0 Å². The van der Waals surface area contributed by atoms with Gasteiger partial charge in [-0.05, 0) is 44.9 Å². The van der Waals surface area contributed by atoms with E-state index in [4.69, 9.17) is 9.05 Å². The molecule has 0 aliphatic heterocycles. The molecular weight excluding hydrogens is 454 g/mol. The third kappa shape index (κ3) is 8.14. The number of rotatable bonds is 4. The molecule has 0 amide bonds. The quantitative estimate of drug-likeness (QED) is 0.451. The van der Waals surface area contributed by atoms with Gasteiger partial charge in [-0.3, -0.25) is 0 Å². The monoisotopic (exact) mass is 496 g/mol. The summed E-state index contributed by atoms with van der Waals surface area (Å²) in [5.41, 5.74) is 3.16. The van der Waals surface area contributed by atoms with Gasteiger partial charge in [0.1, 0.15) is 11.5 Å². The van der Waals surface area contributed by atoms with Crippen molar-refractivity contribution in [1.29, 1.82) is 0 Å². The summed E-state index contributed by atoms with van der Waals surface area (Å²) in [6.45, 7) is 25.0. The molecule has 4 nitrogen and oxygen atoms in total. The molecule has 0 spiro atoms. The van der Waals surface area contributed by atoms with Crippen LogP contribution in [-0.4, -0.2) is 0 Å². The Morgan fingerprint density at radius 1 is 0.588 bits per heavy atom. The fourth-order valence-corrected chi connectivity index (χ4v) is 4.42. The van der Waals surface area contributed by atoms with E-state index in [1.165, 1.54) is 0 Å². The van der Waals surface area contributed by atoms with Crippen LogP contribution < -0.4 is 43.5 Å².